The first-order valence-corrected chi connectivity index (χ1v) is 13.6. The Morgan fingerprint density at radius 2 is 1.59 bits per heavy atom. The highest BCUT2D eigenvalue weighted by Gasteiger charge is 2.31. The van der Waals surface area contributed by atoms with Crippen molar-refractivity contribution in [2.45, 2.75) is 63.3 Å². The van der Waals surface area contributed by atoms with Gasteiger partial charge in [-0.25, -0.2) is 13.2 Å². The molecule has 178 valence electrons. The molecule has 7 nitrogen and oxygen atoms in total. The van der Waals surface area contributed by atoms with Gasteiger partial charge >= 0.3 is 6.03 Å². The number of piperazine rings is 1. The monoisotopic (exact) mass is 462 g/mol. The molecule has 8 heteroatoms. The molecule has 2 amide bonds. The summed E-state index contributed by atoms with van der Waals surface area (Å²) < 4.78 is 27.5. The van der Waals surface area contributed by atoms with Crippen molar-refractivity contribution in [3.63, 3.8) is 0 Å². The number of hydrogen-bond donors (Lipinski definition) is 1. The molecule has 32 heavy (non-hydrogen) atoms. The summed E-state index contributed by atoms with van der Waals surface area (Å²) in [6.07, 6.45) is 7.52. The molecular weight excluding hydrogens is 424 g/mol. The Kier molecular flexibility index (Phi) is 7.42. The largest absolute Gasteiger partial charge is 0.335 e. The minimum Gasteiger partial charge on any atom is -0.335 e. The van der Waals surface area contributed by atoms with Crippen LogP contribution in [-0.2, 0) is 10.0 Å². The van der Waals surface area contributed by atoms with Gasteiger partial charge in [0.2, 0.25) is 10.0 Å². The molecule has 2 heterocycles. The van der Waals surface area contributed by atoms with E-state index >= 15 is 0 Å². The van der Waals surface area contributed by atoms with Crippen LogP contribution in [0.25, 0.3) is 0 Å². The number of amides is 2. The number of sulfonamides is 1. The summed E-state index contributed by atoms with van der Waals surface area (Å²) in [6.45, 7) is 8.76. The maximum absolute atomic E-state index is 13.0. The number of hydrogen-bond acceptors (Lipinski definition) is 4. The molecule has 2 aliphatic heterocycles. The summed E-state index contributed by atoms with van der Waals surface area (Å²) in [6, 6.07) is 5.44. The summed E-state index contributed by atoms with van der Waals surface area (Å²) in [7, 11) is -3.52. The fraction of sp³-hybridized carbons (Fsp3) is 0.708. The minimum atomic E-state index is -3.52. The van der Waals surface area contributed by atoms with Crippen LogP contribution < -0.4 is 5.32 Å². The lowest BCUT2D eigenvalue weighted by Gasteiger charge is -2.37. The third-order valence-corrected chi connectivity index (χ3v) is 9.44. The quantitative estimate of drug-likeness (QED) is 0.730. The molecule has 0 unspecified atom stereocenters. The van der Waals surface area contributed by atoms with Gasteiger partial charge in [-0.2, -0.15) is 4.31 Å². The van der Waals surface area contributed by atoms with E-state index in [4.69, 9.17) is 0 Å². The number of piperidine rings is 1. The van der Waals surface area contributed by atoms with Crippen molar-refractivity contribution in [3.8, 4) is 0 Å². The minimum absolute atomic E-state index is 0.0533. The van der Waals surface area contributed by atoms with Gasteiger partial charge in [-0.15, -0.1) is 0 Å². The topological polar surface area (TPSA) is 73.0 Å². The summed E-state index contributed by atoms with van der Waals surface area (Å²) >= 11 is 0. The van der Waals surface area contributed by atoms with E-state index in [1.165, 1.54) is 36.5 Å². The number of nitrogens with zero attached hydrogens (tertiary/aromatic N) is 3. The Morgan fingerprint density at radius 3 is 2.22 bits per heavy atom. The van der Waals surface area contributed by atoms with E-state index in [2.05, 4.69) is 10.2 Å². The van der Waals surface area contributed by atoms with Crippen molar-refractivity contribution in [3.05, 3.63) is 29.3 Å². The second kappa shape index (κ2) is 10.1. The number of rotatable bonds is 5. The lowest BCUT2D eigenvalue weighted by molar-refractivity contribution is 0.149. The zero-order chi connectivity index (χ0) is 22.7. The van der Waals surface area contributed by atoms with E-state index in [1.807, 2.05) is 19.9 Å². The highest BCUT2D eigenvalue weighted by molar-refractivity contribution is 7.89. The number of aryl methyl sites for hydroxylation is 2. The standard InChI is InChI=1S/C24H38N4O3S/c1-19-7-8-23(17-20(19)2)32(30,31)28-15-13-27(14-16-28)24(29)25-22-9-11-26(12-10-22)18-21-5-3-4-6-21/h7-8,17,21-22H,3-6,9-16,18H2,1-2H3,(H,25,29). The first kappa shape index (κ1) is 23.5. The van der Waals surface area contributed by atoms with Gasteiger partial charge in [-0.1, -0.05) is 18.9 Å². The molecule has 1 saturated carbocycles. The third-order valence-electron chi connectivity index (χ3n) is 7.55. The van der Waals surface area contributed by atoms with E-state index in [0.717, 1.165) is 43.0 Å². The number of likely N-dealkylation sites (tertiary alicyclic amines) is 1. The van der Waals surface area contributed by atoms with E-state index in [-0.39, 0.29) is 12.1 Å². The van der Waals surface area contributed by atoms with Crippen molar-refractivity contribution in [2.75, 3.05) is 45.8 Å². The van der Waals surface area contributed by atoms with Crippen molar-refractivity contribution < 1.29 is 13.2 Å². The van der Waals surface area contributed by atoms with Crippen molar-refractivity contribution in [2.24, 2.45) is 5.92 Å². The summed E-state index contributed by atoms with van der Waals surface area (Å²) in [5.41, 5.74) is 2.05. The Hall–Kier alpha value is -1.64. The zero-order valence-corrected chi connectivity index (χ0v) is 20.4. The molecule has 1 aromatic rings. The van der Waals surface area contributed by atoms with Crippen LogP contribution in [0.1, 0.15) is 49.7 Å². The average molecular weight is 463 g/mol. The third kappa shape index (κ3) is 5.46. The smallest absolute Gasteiger partial charge is 0.317 e. The lowest BCUT2D eigenvalue weighted by atomic mass is 10.0. The maximum Gasteiger partial charge on any atom is 0.317 e. The predicted molar refractivity (Wildman–Crippen MR) is 126 cm³/mol. The molecule has 0 radical (unpaired) electrons. The zero-order valence-electron chi connectivity index (χ0n) is 19.6. The number of carbonyl (C=O) groups excluding carboxylic acids is 1. The van der Waals surface area contributed by atoms with Gasteiger partial charge < -0.3 is 15.1 Å². The van der Waals surface area contributed by atoms with Crippen LogP contribution in [0.3, 0.4) is 0 Å². The average Bonchev–Trinajstić information content (AvgIpc) is 3.30. The van der Waals surface area contributed by atoms with E-state index < -0.39 is 10.0 Å². The van der Waals surface area contributed by atoms with Crippen molar-refractivity contribution in [1.82, 2.24) is 19.4 Å². The molecular formula is C24H38N4O3S. The van der Waals surface area contributed by atoms with Gasteiger partial charge in [0.1, 0.15) is 0 Å². The van der Waals surface area contributed by atoms with Crippen LogP contribution in [0.15, 0.2) is 23.1 Å². The summed E-state index contributed by atoms with van der Waals surface area (Å²) in [5.74, 6) is 0.873. The highest BCUT2D eigenvalue weighted by Crippen LogP contribution is 2.26. The lowest BCUT2D eigenvalue weighted by Crippen LogP contribution is -2.55. The summed E-state index contributed by atoms with van der Waals surface area (Å²) in [4.78, 5) is 17.4. The number of benzene rings is 1. The molecule has 0 bridgehead atoms. The molecule has 1 N–H and O–H groups in total. The molecule has 3 fully saturated rings. The molecule has 4 rings (SSSR count). The van der Waals surface area contributed by atoms with E-state index in [1.54, 1.807) is 17.0 Å². The summed E-state index contributed by atoms with van der Waals surface area (Å²) in [5, 5.41) is 3.19. The first-order valence-electron chi connectivity index (χ1n) is 12.2. The number of urea groups is 1. The Morgan fingerprint density at radius 1 is 0.938 bits per heavy atom. The van der Waals surface area contributed by atoms with Crippen molar-refractivity contribution >= 4 is 16.1 Å². The SMILES string of the molecule is Cc1ccc(S(=O)(=O)N2CCN(C(=O)NC3CCN(CC4CCCC4)CC3)CC2)cc1C. The Labute approximate surface area is 193 Å². The second-order valence-corrected chi connectivity index (χ2v) is 11.7. The van der Waals surface area contributed by atoms with Gasteiger partial charge in [0, 0.05) is 51.9 Å². The van der Waals surface area contributed by atoms with Gasteiger partial charge in [0.15, 0.2) is 0 Å². The van der Waals surface area contributed by atoms with Crippen LogP contribution >= 0.6 is 0 Å². The molecule has 0 aromatic heterocycles. The predicted octanol–water partition coefficient (Wildman–Crippen LogP) is 2.97. The molecule has 1 aliphatic carbocycles. The molecule has 1 aromatic carbocycles. The Balaban J connectivity index is 1.23. The van der Waals surface area contributed by atoms with Crippen LogP contribution in [0, 0.1) is 19.8 Å². The van der Waals surface area contributed by atoms with Gasteiger partial charge in [-0.05, 0) is 68.7 Å². The van der Waals surface area contributed by atoms with Gasteiger partial charge in [0.25, 0.3) is 0 Å². The Bertz CT molecular complexity index is 898. The second-order valence-electron chi connectivity index (χ2n) is 9.81. The van der Waals surface area contributed by atoms with Crippen LogP contribution in [0.2, 0.25) is 0 Å². The molecule has 0 spiro atoms. The van der Waals surface area contributed by atoms with E-state index in [9.17, 15) is 13.2 Å². The normalized spacial score (nSPS) is 22.4. The number of carbonyl (C=O) groups is 1. The van der Waals surface area contributed by atoms with Gasteiger partial charge in [0.05, 0.1) is 4.90 Å². The molecule has 2 saturated heterocycles. The maximum atomic E-state index is 13.0. The molecule has 0 atom stereocenters. The highest BCUT2D eigenvalue weighted by atomic mass is 32.2. The van der Waals surface area contributed by atoms with Crippen LogP contribution in [0.5, 0.6) is 0 Å². The van der Waals surface area contributed by atoms with Crippen LogP contribution in [-0.4, -0.2) is 80.4 Å². The van der Waals surface area contributed by atoms with Crippen LogP contribution in [0.4, 0.5) is 4.79 Å². The number of nitrogens with one attached hydrogen (secondary N) is 1. The van der Waals surface area contributed by atoms with Gasteiger partial charge in [-0.3, -0.25) is 0 Å². The molecule has 3 aliphatic rings. The van der Waals surface area contributed by atoms with Crippen molar-refractivity contribution in [1.29, 1.82) is 0 Å². The first-order chi connectivity index (χ1) is 15.3. The fourth-order valence-corrected chi connectivity index (χ4v) is 6.75. The van der Waals surface area contributed by atoms with E-state index in [0.29, 0.717) is 31.1 Å². The fourth-order valence-electron chi connectivity index (χ4n) is 5.24.